The smallest absolute Gasteiger partial charge is 0.331 e. The fourth-order valence-corrected chi connectivity index (χ4v) is 2.22. The van der Waals surface area contributed by atoms with Gasteiger partial charge >= 0.3 is 16.9 Å². The van der Waals surface area contributed by atoms with Crippen LogP contribution in [0.3, 0.4) is 0 Å². The number of H-pyrrole nitrogens is 1. The van der Waals surface area contributed by atoms with Crippen LogP contribution in [0.5, 0.6) is 0 Å². The monoisotopic (exact) mass is 311 g/mol. The third-order valence-electron chi connectivity index (χ3n) is 2.59. The number of aromatic nitrogens is 3. The van der Waals surface area contributed by atoms with Crippen molar-refractivity contribution < 1.29 is 14.7 Å². The van der Waals surface area contributed by atoms with E-state index in [9.17, 15) is 14.4 Å². The Kier molecular flexibility index (Phi) is 4.38. The van der Waals surface area contributed by atoms with E-state index in [1.807, 2.05) is 0 Å². The van der Waals surface area contributed by atoms with Gasteiger partial charge in [-0.05, 0) is 0 Å². The Morgan fingerprint density at radius 1 is 1.57 bits per heavy atom. The van der Waals surface area contributed by atoms with Gasteiger partial charge in [-0.25, -0.2) is 9.59 Å². The van der Waals surface area contributed by atoms with Gasteiger partial charge in [-0.3, -0.25) is 9.48 Å². The second-order valence-corrected chi connectivity index (χ2v) is 5.06. The lowest BCUT2D eigenvalue weighted by molar-refractivity contribution is -0.139. The van der Waals surface area contributed by atoms with Crippen LogP contribution in [0.1, 0.15) is 17.3 Å². The van der Waals surface area contributed by atoms with Crippen LogP contribution in [0.4, 0.5) is 4.79 Å². The normalized spacial score (nSPS) is 11.9. The van der Waals surface area contributed by atoms with Gasteiger partial charge in [0.15, 0.2) is 6.04 Å². The molecule has 0 aromatic carbocycles. The van der Waals surface area contributed by atoms with Crippen molar-refractivity contribution in [2.45, 2.75) is 12.6 Å². The van der Waals surface area contributed by atoms with Gasteiger partial charge in [0.1, 0.15) is 0 Å². The molecule has 2 aromatic heterocycles. The number of aromatic amines is 1. The number of hydrogen-bond acceptors (Lipinski definition) is 5. The minimum atomic E-state index is -1.19. The number of hydrogen-bond donors (Lipinski definition) is 4. The lowest BCUT2D eigenvalue weighted by Crippen LogP contribution is -2.40. The maximum Gasteiger partial charge on any atom is 0.331 e. The largest absolute Gasteiger partial charge is 0.479 e. The van der Waals surface area contributed by atoms with E-state index in [0.29, 0.717) is 11.3 Å². The lowest BCUT2D eigenvalue weighted by Gasteiger charge is -2.13. The summed E-state index contributed by atoms with van der Waals surface area (Å²) in [6.07, 6.45) is 2.88. The zero-order valence-corrected chi connectivity index (χ0v) is 11.8. The Morgan fingerprint density at radius 3 is 2.86 bits per heavy atom. The molecule has 0 aliphatic heterocycles. The average Bonchev–Trinajstić information content (AvgIpc) is 3.02. The number of carbonyl (C=O) groups is 2. The molecule has 2 rings (SSSR count). The van der Waals surface area contributed by atoms with Crippen molar-refractivity contribution in [1.82, 2.24) is 25.4 Å². The third kappa shape index (κ3) is 3.92. The molecule has 2 amide bonds. The van der Waals surface area contributed by atoms with E-state index in [1.165, 1.54) is 17.1 Å². The summed E-state index contributed by atoms with van der Waals surface area (Å²) in [6.45, 7) is 0.101. The molecule has 0 saturated carbocycles. The summed E-state index contributed by atoms with van der Waals surface area (Å²) in [7, 11) is 1.65. The standard InChI is InChI=1S/C11H13N5O4S/c1-16-4-6(2-13-16)8(9(17)18)15-10(19)12-3-7-5-21-11(20)14-7/h2,4-5,8H,3H2,1H3,(H,14,20)(H,17,18)(H2,12,15,19). The highest BCUT2D eigenvalue weighted by atomic mass is 32.1. The average molecular weight is 311 g/mol. The molecule has 2 aromatic rings. The maximum absolute atomic E-state index is 11.7. The van der Waals surface area contributed by atoms with Crippen LogP contribution in [0, 0.1) is 0 Å². The van der Waals surface area contributed by atoms with E-state index in [1.54, 1.807) is 12.4 Å². The van der Waals surface area contributed by atoms with E-state index < -0.39 is 18.0 Å². The third-order valence-corrected chi connectivity index (χ3v) is 3.31. The van der Waals surface area contributed by atoms with E-state index in [2.05, 4.69) is 20.7 Å². The number of carbonyl (C=O) groups excluding carboxylic acids is 1. The Bertz CT molecular complexity index is 703. The first kappa shape index (κ1) is 14.8. The number of nitrogens with zero attached hydrogens (tertiary/aromatic N) is 2. The van der Waals surface area contributed by atoms with Gasteiger partial charge in [-0.15, -0.1) is 0 Å². The number of aliphatic carboxylic acids is 1. The van der Waals surface area contributed by atoms with E-state index >= 15 is 0 Å². The van der Waals surface area contributed by atoms with Gasteiger partial charge in [-0.2, -0.15) is 5.10 Å². The molecule has 0 fully saturated rings. The van der Waals surface area contributed by atoms with Crippen LogP contribution >= 0.6 is 11.3 Å². The van der Waals surface area contributed by atoms with E-state index in [4.69, 9.17) is 5.11 Å². The molecule has 112 valence electrons. The zero-order valence-electron chi connectivity index (χ0n) is 11.0. The highest BCUT2D eigenvalue weighted by Gasteiger charge is 2.23. The lowest BCUT2D eigenvalue weighted by atomic mass is 10.1. The summed E-state index contributed by atoms with van der Waals surface area (Å²) in [5, 5.41) is 19.4. The molecule has 0 radical (unpaired) electrons. The molecule has 1 atom stereocenters. The summed E-state index contributed by atoms with van der Waals surface area (Å²) >= 11 is 0.987. The van der Waals surface area contributed by atoms with Crippen molar-refractivity contribution in [1.29, 1.82) is 0 Å². The van der Waals surface area contributed by atoms with Crippen LogP contribution in [-0.2, 0) is 18.4 Å². The summed E-state index contributed by atoms with van der Waals surface area (Å²) in [5.74, 6) is -1.19. The van der Waals surface area contributed by atoms with Crippen molar-refractivity contribution in [3.05, 3.63) is 38.7 Å². The van der Waals surface area contributed by atoms with Crippen LogP contribution in [0.25, 0.3) is 0 Å². The van der Waals surface area contributed by atoms with Crippen LogP contribution in [0.15, 0.2) is 22.6 Å². The van der Waals surface area contributed by atoms with Gasteiger partial charge in [0.25, 0.3) is 0 Å². The topological polar surface area (TPSA) is 129 Å². The number of urea groups is 1. The van der Waals surface area contributed by atoms with Gasteiger partial charge < -0.3 is 20.7 Å². The Balaban J connectivity index is 1.95. The summed E-state index contributed by atoms with van der Waals surface area (Å²) < 4.78 is 1.45. The zero-order chi connectivity index (χ0) is 15.4. The Labute approximate surface area is 122 Å². The van der Waals surface area contributed by atoms with E-state index in [-0.39, 0.29) is 11.4 Å². The molecule has 9 nitrogen and oxygen atoms in total. The molecule has 0 aliphatic carbocycles. The Hall–Kier alpha value is -2.62. The number of nitrogens with one attached hydrogen (secondary N) is 3. The van der Waals surface area contributed by atoms with Crippen molar-refractivity contribution in [2.75, 3.05) is 0 Å². The number of amides is 2. The summed E-state index contributed by atoms with van der Waals surface area (Å²) in [4.78, 5) is 36.2. The first-order chi connectivity index (χ1) is 9.95. The molecule has 0 saturated heterocycles. The molecule has 1 unspecified atom stereocenters. The number of thiazole rings is 1. The highest BCUT2D eigenvalue weighted by Crippen LogP contribution is 2.11. The molecule has 0 spiro atoms. The molecule has 4 N–H and O–H groups in total. The summed E-state index contributed by atoms with van der Waals surface area (Å²) in [5.41, 5.74) is 0.914. The number of carboxylic acids is 1. The first-order valence-corrected chi connectivity index (χ1v) is 6.76. The van der Waals surface area contributed by atoms with Crippen LogP contribution in [0.2, 0.25) is 0 Å². The van der Waals surface area contributed by atoms with Gasteiger partial charge in [0.2, 0.25) is 0 Å². The van der Waals surface area contributed by atoms with Crippen molar-refractivity contribution in [2.24, 2.45) is 7.05 Å². The van der Waals surface area contributed by atoms with E-state index in [0.717, 1.165) is 11.3 Å². The summed E-state index contributed by atoms with van der Waals surface area (Å²) in [6, 6.07) is -1.85. The molecule has 0 aliphatic rings. The molecular formula is C11H13N5O4S. The predicted octanol–water partition coefficient (Wildman–Crippen LogP) is -0.205. The highest BCUT2D eigenvalue weighted by molar-refractivity contribution is 7.07. The minimum absolute atomic E-state index is 0.101. The molecule has 2 heterocycles. The van der Waals surface area contributed by atoms with Crippen LogP contribution < -0.4 is 15.5 Å². The number of carboxylic acid groups (broad SMARTS) is 1. The number of rotatable bonds is 5. The second kappa shape index (κ2) is 6.22. The van der Waals surface area contributed by atoms with Crippen molar-refractivity contribution >= 4 is 23.3 Å². The Morgan fingerprint density at radius 2 is 2.33 bits per heavy atom. The van der Waals surface area contributed by atoms with Crippen LogP contribution in [-0.4, -0.2) is 31.9 Å². The predicted molar refractivity (Wildman–Crippen MR) is 73.9 cm³/mol. The maximum atomic E-state index is 11.7. The van der Waals surface area contributed by atoms with Gasteiger partial charge in [0.05, 0.1) is 12.7 Å². The SMILES string of the molecule is Cn1cc(C(NC(=O)NCc2csc(=O)[nH]2)C(=O)O)cn1. The second-order valence-electron chi connectivity index (χ2n) is 4.22. The molecular weight excluding hydrogens is 298 g/mol. The molecule has 10 heteroatoms. The quantitative estimate of drug-likeness (QED) is 0.607. The van der Waals surface area contributed by atoms with Gasteiger partial charge in [-0.1, -0.05) is 11.3 Å². The molecule has 0 bridgehead atoms. The fourth-order valence-electron chi connectivity index (χ4n) is 1.64. The van der Waals surface area contributed by atoms with Crippen molar-refractivity contribution in [3.63, 3.8) is 0 Å². The van der Waals surface area contributed by atoms with Crippen molar-refractivity contribution in [3.8, 4) is 0 Å². The minimum Gasteiger partial charge on any atom is -0.479 e. The fraction of sp³-hybridized carbons (Fsp3) is 0.273. The first-order valence-electron chi connectivity index (χ1n) is 5.88. The van der Waals surface area contributed by atoms with Gasteiger partial charge in [0, 0.05) is 29.9 Å². The number of aryl methyl sites for hydroxylation is 1. The molecule has 21 heavy (non-hydrogen) atoms.